The zero-order chi connectivity index (χ0) is 16.7. The van der Waals surface area contributed by atoms with Crippen molar-refractivity contribution in [2.75, 3.05) is 23.3 Å². The van der Waals surface area contributed by atoms with Crippen LogP contribution in [0.25, 0.3) is 11.0 Å². The molecule has 0 bridgehead atoms. The Bertz CT molecular complexity index is 677. The highest BCUT2D eigenvalue weighted by molar-refractivity contribution is 7.16. The number of unbranched alkanes of at least 4 members (excludes halogenated alkanes) is 2. The Labute approximate surface area is 139 Å². The fourth-order valence-corrected chi connectivity index (χ4v) is 2.57. The van der Waals surface area contributed by atoms with Gasteiger partial charge < -0.3 is 10.6 Å². The number of carbonyl (C=O) groups excluding carboxylic acids is 1. The molecule has 2 aromatic heterocycles. The maximum absolute atomic E-state index is 11.3. The minimum atomic E-state index is -0.131. The van der Waals surface area contributed by atoms with Crippen molar-refractivity contribution in [1.82, 2.24) is 15.0 Å². The van der Waals surface area contributed by atoms with Crippen LogP contribution in [-0.2, 0) is 11.2 Å². The Balaban J connectivity index is 2.15. The van der Waals surface area contributed by atoms with Crippen LogP contribution in [-0.4, -0.2) is 33.6 Å². The van der Waals surface area contributed by atoms with Gasteiger partial charge in [-0.1, -0.05) is 13.3 Å². The van der Waals surface area contributed by atoms with Gasteiger partial charge in [-0.05, 0) is 37.1 Å². The summed E-state index contributed by atoms with van der Waals surface area (Å²) in [7, 11) is 2.74. The number of aromatic nitrogens is 3. The summed E-state index contributed by atoms with van der Waals surface area (Å²) >= 11 is 0. The molecule has 2 aromatic rings. The lowest BCUT2D eigenvalue weighted by molar-refractivity contribution is -0.114. The van der Waals surface area contributed by atoms with Gasteiger partial charge in [0.25, 0.3) is 0 Å². The number of aryl methyl sites for hydroxylation is 1. The quantitative estimate of drug-likeness (QED) is 0.573. The van der Waals surface area contributed by atoms with Crippen LogP contribution in [0.5, 0.6) is 0 Å². The number of fused-ring (bicyclic) bond motifs is 1. The molecule has 1 amide bonds. The number of anilines is 2. The third kappa shape index (κ3) is 5.10. The average Bonchev–Trinajstić information content (AvgIpc) is 2.53. The minimum absolute atomic E-state index is 0.131. The number of rotatable bonds is 8. The second kappa shape index (κ2) is 8.73. The van der Waals surface area contributed by atoms with Crippen LogP contribution < -0.4 is 10.6 Å². The van der Waals surface area contributed by atoms with E-state index in [0.717, 1.165) is 36.5 Å². The summed E-state index contributed by atoms with van der Waals surface area (Å²) in [6.45, 7) is 4.36. The van der Waals surface area contributed by atoms with Gasteiger partial charge in [0.15, 0.2) is 5.65 Å². The van der Waals surface area contributed by atoms with Crippen LogP contribution in [0.4, 0.5) is 11.8 Å². The van der Waals surface area contributed by atoms with E-state index in [1.54, 1.807) is 6.20 Å². The molecular formula is C16H24N5OP. The van der Waals surface area contributed by atoms with Crippen LogP contribution in [0.1, 0.15) is 38.7 Å². The lowest BCUT2D eigenvalue weighted by atomic mass is 10.1. The minimum Gasteiger partial charge on any atom is -0.354 e. The monoisotopic (exact) mass is 333 g/mol. The smallest absolute Gasteiger partial charge is 0.224 e. The SMILES string of the molecule is CCc1cc2cnc(NCCCCCP)nc2nc1NC(C)=O. The summed E-state index contributed by atoms with van der Waals surface area (Å²) in [5, 5.41) is 6.88. The van der Waals surface area contributed by atoms with Crippen molar-refractivity contribution < 1.29 is 4.79 Å². The van der Waals surface area contributed by atoms with E-state index in [2.05, 4.69) is 34.8 Å². The fraction of sp³-hybridized carbons (Fsp3) is 0.500. The first-order valence-corrected chi connectivity index (χ1v) is 8.84. The highest BCUT2D eigenvalue weighted by Gasteiger charge is 2.09. The van der Waals surface area contributed by atoms with Crippen LogP contribution in [0.3, 0.4) is 0 Å². The molecule has 2 heterocycles. The molecule has 0 radical (unpaired) electrons. The van der Waals surface area contributed by atoms with E-state index in [0.29, 0.717) is 17.4 Å². The zero-order valence-electron chi connectivity index (χ0n) is 13.7. The number of nitrogens with zero attached hydrogens (tertiary/aromatic N) is 3. The Hall–Kier alpha value is -1.81. The first-order valence-electron chi connectivity index (χ1n) is 8.02. The van der Waals surface area contributed by atoms with Crippen molar-refractivity contribution in [3.8, 4) is 0 Å². The number of hydrogen-bond acceptors (Lipinski definition) is 5. The molecule has 1 unspecified atom stereocenters. The molecule has 0 aromatic carbocycles. The van der Waals surface area contributed by atoms with E-state index in [9.17, 15) is 4.79 Å². The third-order valence-electron chi connectivity index (χ3n) is 3.49. The van der Waals surface area contributed by atoms with Gasteiger partial charge in [0.05, 0.1) is 0 Å². The Morgan fingerprint density at radius 2 is 2.09 bits per heavy atom. The van der Waals surface area contributed by atoms with Gasteiger partial charge in [-0.2, -0.15) is 4.98 Å². The van der Waals surface area contributed by atoms with Crippen molar-refractivity contribution in [3.63, 3.8) is 0 Å². The molecule has 0 saturated carbocycles. The number of nitrogens with one attached hydrogen (secondary N) is 2. The number of pyridine rings is 1. The first-order chi connectivity index (χ1) is 11.1. The summed E-state index contributed by atoms with van der Waals surface area (Å²) in [5.74, 6) is 1.03. The highest BCUT2D eigenvalue weighted by Crippen LogP contribution is 2.20. The summed E-state index contributed by atoms with van der Waals surface area (Å²) < 4.78 is 0. The zero-order valence-corrected chi connectivity index (χ0v) is 14.9. The molecule has 7 heteroatoms. The Morgan fingerprint density at radius 1 is 1.26 bits per heavy atom. The molecule has 6 nitrogen and oxygen atoms in total. The largest absolute Gasteiger partial charge is 0.354 e. The summed E-state index contributed by atoms with van der Waals surface area (Å²) in [5.41, 5.74) is 1.57. The van der Waals surface area contributed by atoms with E-state index in [-0.39, 0.29) is 5.91 Å². The van der Waals surface area contributed by atoms with E-state index >= 15 is 0 Å². The molecule has 1 atom stereocenters. The third-order valence-corrected chi connectivity index (χ3v) is 3.90. The van der Waals surface area contributed by atoms with Crippen molar-refractivity contribution in [1.29, 1.82) is 0 Å². The van der Waals surface area contributed by atoms with Gasteiger partial charge in [0.1, 0.15) is 5.82 Å². The van der Waals surface area contributed by atoms with E-state index in [4.69, 9.17) is 0 Å². The van der Waals surface area contributed by atoms with Crippen molar-refractivity contribution in [3.05, 3.63) is 17.8 Å². The molecule has 0 saturated heterocycles. The lowest BCUT2D eigenvalue weighted by Gasteiger charge is -2.10. The highest BCUT2D eigenvalue weighted by atomic mass is 31.0. The lowest BCUT2D eigenvalue weighted by Crippen LogP contribution is -2.11. The standard InChI is InChI=1S/C16H24N5OP/c1-3-12-9-13-10-18-16(17-7-5-4-6-8-23)21-15(13)20-14(12)19-11(2)22/h9-10H,3-8,23H2,1-2H3,(H2,17,18,19,20,21,22). The van der Waals surface area contributed by atoms with Crippen molar-refractivity contribution >= 4 is 37.9 Å². The predicted molar refractivity (Wildman–Crippen MR) is 97.9 cm³/mol. The predicted octanol–water partition coefficient (Wildman–Crippen LogP) is 3.00. The molecule has 0 aliphatic heterocycles. The molecule has 0 aliphatic carbocycles. The van der Waals surface area contributed by atoms with Gasteiger partial charge in [-0.15, -0.1) is 9.24 Å². The molecule has 2 rings (SSSR count). The second-order valence-corrected chi connectivity index (χ2v) is 5.99. The molecule has 0 aliphatic rings. The number of carbonyl (C=O) groups is 1. The maximum Gasteiger partial charge on any atom is 0.224 e. The molecule has 23 heavy (non-hydrogen) atoms. The van der Waals surface area contributed by atoms with E-state index in [1.165, 1.54) is 19.8 Å². The van der Waals surface area contributed by atoms with Crippen LogP contribution >= 0.6 is 9.24 Å². The molecule has 124 valence electrons. The first kappa shape index (κ1) is 17.5. The van der Waals surface area contributed by atoms with Crippen molar-refractivity contribution in [2.24, 2.45) is 0 Å². The normalized spacial score (nSPS) is 10.7. The fourth-order valence-electron chi connectivity index (χ4n) is 2.28. The Morgan fingerprint density at radius 3 is 2.78 bits per heavy atom. The summed E-state index contributed by atoms with van der Waals surface area (Å²) in [6, 6.07) is 1.98. The maximum atomic E-state index is 11.3. The average molecular weight is 333 g/mol. The summed E-state index contributed by atoms with van der Waals surface area (Å²) in [4.78, 5) is 24.6. The van der Waals surface area contributed by atoms with Crippen molar-refractivity contribution in [2.45, 2.75) is 39.5 Å². The van der Waals surface area contributed by atoms with Gasteiger partial charge >= 0.3 is 0 Å². The van der Waals surface area contributed by atoms with Crippen LogP contribution in [0.15, 0.2) is 12.3 Å². The van der Waals surface area contributed by atoms with Gasteiger partial charge in [0, 0.05) is 25.1 Å². The van der Waals surface area contributed by atoms with E-state index in [1.807, 2.05) is 13.0 Å². The summed E-state index contributed by atoms with van der Waals surface area (Å²) in [6.07, 6.45) is 7.20. The topological polar surface area (TPSA) is 79.8 Å². The van der Waals surface area contributed by atoms with Crippen LogP contribution in [0.2, 0.25) is 0 Å². The molecule has 0 spiro atoms. The van der Waals surface area contributed by atoms with Gasteiger partial charge in [-0.25, -0.2) is 9.97 Å². The molecular weight excluding hydrogens is 309 g/mol. The Kier molecular flexibility index (Phi) is 6.66. The number of hydrogen-bond donors (Lipinski definition) is 2. The van der Waals surface area contributed by atoms with Gasteiger partial charge in [0.2, 0.25) is 11.9 Å². The van der Waals surface area contributed by atoms with E-state index < -0.39 is 0 Å². The van der Waals surface area contributed by atoms with Gasteiger partial charge in [-0.3, -0.25) is 4.79 Å². The number of amides is 1. The molecule has 0 fully saturated rings. The van der Waals surface area contributed by atoms with Crippen LogP contribution in [0, 0.1) is 0 Å². The second-order valence-electron chi connectivity index (χ2n) is 5.41. The molecule has 2 N–H and O–H groups in total.